The number of likely N-dealkylation sites (tertiary alicyclic amines) is 1. The normalized spacial score (nSPS) is 17.2. The molecule has 1 saturated heterocycles. The van der Waals surface area contributed by atoms with Crippen LogP contribution >= 0.6 is 15.9 Å². The van der Waals surface area contributed by atoms with Crippen LogP contribution in [0.1, 0.15) is 49.6 Å². The maximum Gasteiger partial charge on any atom is 0.416 e. The first-order valence-electron chi connectivity index (χ1n) is 8.96. The van der Waals surface area contributed by atoms with Gasteiger partial charge in [0.2, 0.25) is 5.91 Å². The number of alkyl halides is 4. The SMILES string of the molecule is CC(C)(C)OC(=O)N1CCC(NC(=O)C(Br)c2ccc(C(F)(F)F)cc2)CC1. The Morgan fingerprint density at radius 2 is 1.68 bits per heavy atom. The minimum Gasteiger partial charge on any atom is -0.444 e. The fraction of sp³-hybridized carbons (Fsp3) is 0.579. The van der Waals surface area contributed by atoms with Crippen LogP contribution in [-0.4, -0.2) is 41.6 Å². The molecule has 1 heterocycles. The van der Waals surface area contributed by atoms with Crippen molar-refractivity contribution in [2.45, 2.75) is 56.3 Å². The van der Waals surface area contributed by atoms with Crippen LogP contribution < -0.4 is 5.32 Å². The first-order valence-corrected chi connectivity index (χ1v) is 9.88. The fourth-order valence-electron chi connectivity index (χ4n) is 2.80. The van der Waals surface area contributed by atoms with Gasteiger partial charge in [0.1, 0.15) is 10.4 Å². The molecule has 1 aliphatic heterocycles. The minimum absolute atomic E-state index is 0.110. The molecular formula is C19H24BrF3N2O3. The van der Waals surface area contributed by atoms with Crippen molar-refractivity contribution in [1.29, 1.82) is 0 Å². The number of rotatable bonds is 3. The Balaban J connectivity index is 1.86. The molecule has 0 bridgehead atoms. The highest BCUT2D eigenvalue weighted by Gasteiger charge is 2.31. The summed E-state index contributed by atoms with van der Waals surface area (Å²) >= 11 is 3.24. The molecule has 1 unspecified atom stereocenters. The van der Waals surface area contributed by atoms with Gasteiger partial charge in [-0.1, -0.05) is 28.1 Å². The molecule has 1 aromatic rings. The number of carbonyl (C=O) groups is 2. The summed E-state index contributed by atoms with van der Waals surface area (Å²) in [5, 5.41) is 2.88. The Morgan fingerprint density at radius 3 is 2.14 bits per heavy atom. The van der Waals surface area contributed by atoms with Crippen molar-refractivity contribution in [3.63, 3.8) is 0 Å². The quantitative estimate of drug-likeness (QED) is 0.661. The summed E-state index contributed by atoms with van der Waals surface area (Å²) in [5.41, 5.74) is -0.880. The third-order valence-corrected chi connectivity index (χ3v) is 5.20. The molecule has 5 nitrogen and oxygen atoms in total. The number of halogens is 4. The zero-order valence-electron chi connectivity index (χ0n) is 16.0. The van der Waals surface area contributed by atoms with E-state index in [1.54, 1.807) is 25.7 Å². The Kier molecular flexibility index (Phi) is 7.01. The molecule has 9 heteroatoms. The third kappa shape index (κ3) is 6.39. The van der Waals surface area contributed by atoms with Gasteiger partial charge in [0.05, 0.1) is 5.56 Å². The van der Waals surface area contributed by atoms with Crippen molar-refractivity contribution in [3.8, 4) is 0 Å². The van der Waals surface area contributed by atoms with E-state index in [2.05, 4.69) is 21.2 Å². The van der Waals surface area contributed by atoms with E-state index in [9.17, 15) is 22.8 Å². The smallest absolute Gasteiger partial charge is 0.416 e. The molecule has 0 saturated carbocycles. The lowest BCUT2D eigenvalue weighted by Gasteiger charge is -2.34. The van der Waals surface area contributed by atoms with Gasteiger partial charge in [-0.3, -0.25) is 4.79 Å². The average Bonchev–Trinajstić information content (AvgIpc) is 2.59. The number of nitrogens with one attached hydrogen (secondary N) is 1. The van der Waals surface area contributed by atoms with Crippen LogP contribution in [0.5, 0.6) is 0 Å². The molecule has 0 aromatic heterocycles. The van der Waals surface area contributed by atoms with Crippen LogP contribution in [0.4, 0.5) is 18.0 Å². The molecule has 0 spiro atoms. The zero-order chi connectivity index (χ0) is 21.1. The number of piperidine rings is 1. The molecule has 0 radical (unpaired) electrons. The number of amides is 2. The van der Waals surface area contributed by atoms with Gasteiger partial charge in [-0.05, 0) is 51.3 Å². The summed E-state index contributed by atoms with van der Waals surface area (Å²) < 4.78 is 43.3. The first-order chi connectivity index (χ1) is 12.9. The molecule has 2 amide bonds. The summed E-state index contributed by atoms with van der Waals surface area (Å²) in [6.45, 7) is 6.33. The lowest BCUT2D eigenvalue weighted by molar-refractivity contribution is -0.137. The van der Waals surface area contributed by atoms with Crippen LogP contribution in [0.3, 0.4) is 0 Å². The highest BCUT2D eigenvalue weighted by atomic mass is 79.9. The first kappa shape index (κ1) is 22.5. The lowest BCUT2D eigenvalue weighted by atomic mass is 10.0. The van der Waals surface area contributed by atoms with Crippen molar-refractivity contribution in [3.05, 3.63) is 35.4 Å². The van der Waals surface area contributed by atoms with Crippen LogP contribution in [0.25, 0.3) is 0 Å². The van der Waals surface area contributed by atoms with E-state index < -0.39 is 22.2 Å². The Bertz CT molecular complexity index is 694. The Hall–Kier alpha value is -1.77. The predicted molar refractivity (Wildman–Crippen MR) is 102 cm³/mol. The maximum absolute atomic E-state index is 12.6. The van der Waals surface area contributed by atoms with Crippen molar-refractivity contribution < 1.29 is 27.5 Å². The van der Waals surface area contributed by atoms with Gasteiger partial charge in [-0.15, -0.1) is 0 Å². The van der Waals surface area contributed by atoms with Crippen molar-refractivity contribution in [1.82, 2.24) is 10.2 Å². The summed E-state index contributed by atoms with van der Waals surface area (Å²) in [7, 11) is 0. The number of benzene rings is 1. The minimum atomic E-state index is -4.41. The topological polar surface area (TPSA) is 58.6 Å². The second-order valence-corrected chi connectivity index (χ2v) is 8.65. The second kappa shape index (κ2) is 8.71. The monoisotopic (exact) mass is 464 g/mol. The highest BCUT2D eigenvalue weighted by Crippen LogP contribution is 2.31. The van der Waals surface area contributed by atoms with Crippen LogP contribution in [0, 0.1) is 0 Å². The summed E-state index contributed by atoms with van der Waals surface area (Å²) in [6.07, 6.45) is -3.62. The van der Waals surface area contributed by atoms with Crippen molar-refractivity contribution in [2.24, 2.45) is 0 Å². The van der Waals surface area contributed by atoms with Gasteiger partial charge in [-0.25, -0.2) is 4.79 Å². The van der Waals surface area contributed by atoms with E-state index in [1.807, 2.05) is 0 Å². The molecule has 1 aromatic carbocycles. The number of nitrogens with zero attached hydrogens (tertiary/aromatic N) is 1. The van der Waals surface area contributed by atoms with Gasteiger partial charge < -0.3 is 15.0 Å². The third-order valence-electron chi connectivity index (χ3n) is 4.25. The van der Waals surface area contributed by atoms with Gasteiger partial charge in [0.15, 0.2) is 0 Å². The van der Waals surface area contributed by atoms with E-state index >= 15 is 0 Å². The maximum atomic E-state index is 12.6. The summed E-state index contributed by atoms with van der Waals surface area (Å²) in [4.78, 5) is 25.3. The molecular weight excluding hydrogens is 441 g/mol. The summed E-state index contributed by atoms with van der Waals surface area (Å²) in [6, 6.07) is 4.37. The molecule has 1 N–H and O–H groups in total. The van der Waals surface area contributed by atoms with Crippen molar-refractivity contribution >= 4 is 27.9 Å². The Labute approximate surface area is 170 Å². The van der Waals surface area contributed by atoms with Gasteiger partial charge in [-0.2, -0.15) is 13.2 Å². The van der Waals surface area contributed by atoms with E-state index in [1.165, 1.54) is 12.1 Å². The fourth-order valence-corrected chi connectivity index (χ4v) is 3.24. The predicted octanol–water partition coefficient (Wildman–Crippen LogP) is 4.66. The number of carbonyl (C=O) groups excluding carboxylic acids is 2. The zero-order valence-corrected chi connectivity index (χ0v) is 17.6. The number of hydrogen-bond acceptors (Lipinski definition) is 3. The largest absolute Gasteiger partial charge is 0.444 e. The lowest BCUT2D eigenvalue weighted by Crippen LogP contribution is -2.48. The average molecular weight is 465 g/mol. The highest BCUT2D eigenvalue weighted by molar-refractivity contribution is 9.09. The van der Waals surface area contributed by atoms with E-state index in [0.29, 0.717) is 31.5 Å². The molecule has 28 heavy (non-hydrogen) atoms. The van der Waals surface area contributed by atoms with Crippen molar-refractivity contribution in [2.75, 3.05) is 13.1 Å². The van der Waals surface area contributed by atoms with Crippen LogP contribution in [0.2, 0.25) is 0 Å². The molecule has 1 fully saturated rings. The number of hydrogen-bond donors (Lipinski definition) is 1. The van der Waals surface area contributed by atoms with E-state index in [0.717, 1.165) is 12.1 Å². The van der Waals surface area contributed by atoms with Gasteiger partial charge in [0, 0.05) is 19.1 Å². The van der Waals surface area contributed by atoms with Crippen LogP contribution in [0.15, 0.2) is 24.3 Å². The molecule has 1 atom stereocenters. The summed E-state index contributed by atoms with van der Waals surface area (Å²) in [5.74, 6) is -0.324. The molecule has 0 aliphatic carbocycles. The van der Waals surface area contributed by atoms with E-state index in [4.69, 9.17) is 4.74 Å². The van der Waals surface area contributed by atoms with Gasteiger partial charge in [0.25, 0.3) is 0 Å². The number of ether oxygens (including phenoxy) is 1. The standard InChI is InChI=1S/C19H24BrF3N2O3/c1-18(2,3)28-17(27)25-10-8-14(9-11-25)24-16(26)15(20)12-4-6-13(7-5-12)19(21,22)23/h4-7,14-15H,8-11H2,1-3H3,(H,24,26). The Morgan fingerprint density at radius 1 is 1.14 bits per heavy atom. The van der Waals surface area contributed by atoms with Crippen LogP contribution in [-0.2, 0) is 15.7 Å². The second-order valence-electron chi connectivity index (χ2n) is 7.73. The molecule has 156 valence electrons. The van der Waals surface area contributed by atoms with E-state index in [-0.39, 0.29) is 18.0 Å². The molecule has 1 aliphatic rings. The van der Waals surface area contributed by atoms with Gasteiger partial charge >= 0.3 is 12.3 Å². The molecule has 2 rings (SSSR count).